The molecular formula is C14H12N4O2. The van der Waals surface area contributed by atoms with Crippen molar-refractivity contribution in [3.05, 3.63) is 42.0 Å². The summed E-state index contributed by atoms with van der Waals surface area (Å²) in [6, 6.07) is 3.58. The average Bonchev–Trinajstić information content (AvgIpc) is 2.76. The molecule has 3 aromatic rings. The van der Waals surface area contributed by atoms with E-state index in [9.17, 15) is 9.90 Å². The van der Waals surface area contributed by atoms with Crippen molar-refractivity contribution in [3.63, 3.8) is 0 Å². The summed E-state index contributed by atoms with van der Waals surface area (Å²) in [6.45, 7) is 1.82. The lowest BCUT2D eigenvalue weighted by Crippen LogP contribution is -2.02. The van der Waals surface area contributed by atoms with Gasteiger partial charge in [0.25, 0.3) is 0 Å². The summed E-state index contributed by atoms with van der Waals surface area (Å²) >= 11 is 0. The number of aromatic nitrogens is 4. The Bertz CT molecular complexity index is 823. The first-order valence-electron chi connectivity index (χ1n) is 6.05. The van der Waals surface area contributed by atoms with Gasteiger partial charge in [0.05, 0.1) is 11.1 Å². The van der Waals surface area contributed by atoms with Crippen molar-refractivity contribution in [2.75, 3.05) is 0 Å². The molecule has 0 fully saturated rings. The van der Waals surface area contributed by atoms with Crippen molar-refractivity contribution in [1.82, 2.24) is 19.7 Å². The number of carbonyl (C=O) groups is 1. The number of rotatable bonds is 2. The molecule has 1 N–H and O–H groups in total. The van der Waals surface area contributed by atoms with Crippen LogP contribution in [-0.4, -0.2) is 30.8 Å². The van der Waals surface area contributed by atoms with Crippen molar-refractivity contribution in [3.8, 4) is 11.3 Å². The molecule has 0 bridgehead atoms. The molecule has 0 unspecified atom stereocenters. The zero-order chi connectivity index (χ0) is 14.3. The second-order valence-electron chi connectivity index (χ2n) is 4.54. The Hall–Kier alpha value is -2.76. The Kier molecular flexibility index (Phi) is 2.71. The van der Waals surface area contributed by atoms with Crippen LogP contribution in [0, 0.1) is 6.92 Å². The van der Waals surface area contributed by atoms with Crippen LogP contribution in [0.1, 0.15) is 16.1 Å². The predicted octanol–water partition coefficient (Wildman–Crippen LogP) is 2.04. The lowest BCUT2D eigenvalue weighted by atomic mass is 10.0. The van der Waals surface area contributed by atoms with E-state index in [1.54, 1.807) is 23.1 Å². The molecule has 0 spiro atoms. The van der Waals surface area contributed by atoms with Gasteiger partial charge in [-0.25, -0.2) is 4.79 Å². The molecular weight excluding hydrogens is 256 g/mol. The van der Waals surface area contributed by atoms with E-state index in [2.05, 4.69) is 15.1 Å². The molecule has 0 aromatic carbocycles. The highest BCUT2D eigenvalue weighted by atomic mass is 16.4. The zero-order valence-electron chi connectivity index (χ0n) is 11.0. The van der Waals surface area contributed by atoms with Gasteiger partial charge in [0.2, 0.25) is 0 Å². The van der Waals surface area contributed by atoms with Gasteiger partial charge in [-0.2, -0.15) is 5.10 Å². The number of nitrogens with zero attached hydrogens (tertiary/aromatic N) is 4. The van der Waals surface area contributed by atoms with Gasteiger partial charge in [0.1, 0.15) is 5.69 Å². The summed E-state index contributed by atoms with van der Waals surface area (Å²) in [5, 5.41) is 14.6. The largest absolute Gasteiger partial charge is 0.478 e. The smallest absolute Gasteiger partial charge is 0.337 e. The maximum Gasteiger partial charge on any atom is 0.337 e. The van der Waals surface area contributed by atoms with E-state index >= 15 is 0 Å². The molecule has 3 aromatic heterocycles. The first kappa shape index (κ1) is 12.3. The van der Waals surface area contributed by atoms with Gasteiger partial charge in [-0.1, -0.05) is 0 Å². The van der Waals surface area contributed by atoms with Gasteiger partial charge in [-0.05, 0) is 19.1 Å². The highest BCUT2D eigenvalue weighted by molar-refractivity contribution is 6.01. The topological polar surface area (TPSA) is 80.9 Å². The Morgan fingerprint density at radius 2 is 2.15 bits per heavy atom. The molecule has 0 atom stereocenters. The number of carboxylic acid groups (broad SMARTS) is 1. The van der Waals surface area contributed by atoms with E-state index in [-0.39, 0.29) is 5.56 Å². The second kappa shape index (κ2) is 4.41. The van der Waals surface area contributed by atoms with Gasteiger partial charge in [-0.15, -0.1) is 0 Å². The van der Waals surface area contributed by atoms with Gasteiger partial charge in [0, 0.05) is 42.3 Å². The van der Waals surface area contributed by atoms with E-state index in [1.807, 2.05) is 20.0 Å². The Balaban J connectivity index is 2.36. The number of fused-ring (bicyclic) bond motifs is 1. The predicted molar refractivity (Wildman–Crippen MR) is 73.4 cm³/mol. The molecule has 0 radical (unpaired) electrons. The van der Waals surface area contributed by atoms with Gasteiger partial charge >= 0.3 is 5.97 Å². The van der Waals surface area contributed by atoms with Crippen molar-refractivity contribution < 1.29 is 9.90 Å². The maximum absolute atomic E-state index is 11.4. The summed E-state index contributed by atoms with van der Waals surface area (Å²) in [4.78, 5) is 19.5. The number of hydrogen-bond acceptors (Lipinski definition) is 4. The first-order valence-corrected chi connectivity index (χ1v) is 6.05. The van der Waals surface area contributed by atoms with Crippen molar-refractivity contribution in [2.24, 2.45) is 7.05 Å². The molecule has 20 heavy (non-hydrogen) atoms. The molecule has 6 heteroatoms. The molecule has 0 aliphatic rings. The summed E-state index contributed by atoms with van der Waals surface area (Å²) < 4.78 is 1.72. The van der Waals surface area contributed by atoms with E-state index in [4.69, 9.17) is 0 Å². The van der Waals surface area contributed by atoms with Gasteiger partial charge < -0.3 is 5.11 Å². The number of aromatic carboxylic acids is 1. The fourth-order valence-electron chi connectivity index (χ4n) is 2.23. The van der Waals surface area contributed by atoms with E-state index in [1.165, 1.54) is 6.20 Å². The molecule has 3 heterocycles. The highest BCUT2D eigenvalue weighted by Crippen LogP contribution is 2.29. The molecule has 6 nitrogen and oxygen atoms in total. The van der Waals surface area contributed by atoms with Crippen molar-refractivity contribution in [2.45, 2.75) is 6.92 Å². The molecule has 100 valence electrons. The van der Waals surface area contributed by atoms with Crippen LogP contribution in [0.5, 0.6) is 0 Å². The highest BCUT2D eigenvalue weighted by Gasteiger charge is 2.18. The third-order valence-electron chi connectivity index (χ3n) is 3.18. The molecule has 0 aliphatic heterocycles. The quantitative estimate of drug-likeness (QED) is 0.769. The van der Waals surface area contributed by atoms with Crippen molar-refractivity contribution in [1.29, 1.82) is 0 Å². The fraction of sp³-hybridized carbons (Fsp3) is 0.143. The lowest BCUT2D eigenvalue weighted by molar-refractivity contribution is 0.0697. The van der Waals surface area contributed by atoms with Crippen LogP contribution in [-0.2, 0) is 7.05 Å². The average molecular weight is 268 g/mol. The monoisotopic (exact) mass is 268 g/mol. The Morgan fingerprint density at radius 3 is 2.90 bits per heavy atom. The first-order chi connectivity index (χ1) is 9.58. The number of aryl methyl sites for hydroxylation is 2. The molecule has 0 amide bonds. The van der Waals surface area contributed by atoms with E-state index in [0.717, 1.165) is 16.6 Å². The number of carboxylic acids is 1. The summed E-state index contributed by atoms with van der Waals surface area (Å²) in [7, 11) is 1.82. The number of pyridine rings is 2. The van der Waals surface area contributed by atoms with Crippen LogP contribution < -0.4 is 0 Å². The van der Waals surface area contributed by atoms with Crippen LogP contribution in [0.4, 0.5) is 0 Å². The Labute approximate surface area is 114 Å². The summed E-state index contributed by atoms with van der Waals surface area (Å²) in [5.74, 6) is -1.02. The van der Waals surface area contributed by atoms with E-state index in [0.29, 0.717) is 11.3 Å². The molecule has 3 rings (SSSR count). The standard InChI is InChI=1S/C14H12N4O2/c1-8-5-9(10(7-16-8)14(19)20)13-11-6-15-4-3-12(11)18(2)17-13/h3-7H,1-2H3,(H,19,20). The minimum absolute atomic E-state index is 0.138. The third kappa shape index (κ3) is 1.82. The van der Waals surface area contributed by atoms with Crippen LogP contribution in [0.3, 0.4) is 0 Å². The second-order valence-corrected chi connectivity index (χ2v) is 4.54. The Morgan fingerprint density at radius 1 is 1.35 bits per heavy atom. The third-order valence-corrected chi connectivity index (χ3v) is 3.18. The minimum atomic E-state index is -1.02. The number of hydrogen-bond donors (Lipinski definition) is 1. The SMILES string of the molecule is Cc1cc(-c2nn(C)c3ccncc23)c(C(=O)O)cn1. The van der Waals surface area contributed by atoms with Crippen LogP contribution in [0.15, 0.2) is 30.7 Å². The normalized spacial score (nSPS) is 10.9. The zero-order valence-corrected chi connectivity index (χ0v) is 11.0. The summed E-state index contributed by atoms with van der Waals surface area (Å²) in [5.41, 5.74) is 2.95. The van der Waals surface area contributed by atoms with Gasteiger partial charge in [0.15, 0.2) is 0 Å². The van der Waals surface area contributed by atoms with Crippen molar-refractivity contribution >= 4 is 16.9 Å². The van der Waals surface area contributed by atoms with E-state index < -0.39 is 5.97 Å². The molecule has 0 saturated heterocycles. The summed E-state index contributed by atoms with van der Waals surface area (Å²) in [6.07, 6.45) is 4.74. The fourth-order valence-corrected chi connectivity index (χ4v) is 2.23. The van der Waals surface area contributed by atoms with Gasteiger partial charge in [-0.3, -0.25) is 14.6 Å². The maximum atomic E-state index is 11.4. The van der Waals surface area contributed by atoms with Crippen LogP contribution in [0.25, 0.3) is 22.2 Å². The van der Waals surface area contributed by atoms with Crippen LogP contribution in [0.2, 0.25) is 0 Å². The van der Waals surface area contributed by atoms with Crippen LogP contribution >= 0.6 is 0 Å². The molecule has 0 saturated carbocycles. The molecule has 0 aliphatic carbocycles. The minimum Gasteiger partial charge on any atom is -0.478 e. The lowest BCUT2D eigenvalue weighted by Gasteiger charge is -2.04.